The predicted octanol–water partition coefficient (Wildman–Crippen LogP) is 4.50. The number of nitrogens with zero attached hydrogens (tertiary/aromatic N) is 1. The molecule has 4 aromatic carbocycles. The minimum absolute atomic E-state index is 0.218. The average molecular weight is 397 g/mol. The van der Waals surface area contributed by atoms with Crippen LogP contribution in [0.2, 0.25) is 0 Å². The van der Waals surface area contributed by atoms with Crippen LogP contribution < -0.4 is 11.3 Å². The van der Waals surface area contributed by atoms with Crippen LogP contribution in [0.5, 0.6) is 0 Å². The van der Waals surface area contributed by atoms with Gasteiger partial charge in [0, 0.05) is 28.2 Å². The van der Waals surface area contributed by atoms with Crippen LogP contribution in [0, 0.1) is 0 Å². The second-order valence-corrected chi connectivity index (χ2v) is 7.45. The minimum atomic E-state index is -0.218. The van der Waals surface area contributed by atoms with Crippen molar-refractivity contribution in [1.82, 2.24) is 9.99 Å². The number of hydrogen-bond acceptors (Lipinski definition) is 3. The van der Waals surface area contributed by atoms with E-state index < -0.39 is 0 Å². The number of carbonyl (C=O) groups is 1. The Bertz CT molecular complexity index is 1390. The van der Waals surface area contributed by atoms with Crippen molar-refractivity contribution in [1.29, 1.82) is 0 Å². The highest BCUT2D eigenvalue weighted by Gasteiger charge is 2.15. The molecule has 0 aliphatic heterocycles. The van der Waals surface area contributed by atoms with Gasteiger partial charge in [-0.15, -0.1) is 0 Å². The standard InChI is InChI=1S/C25H23N3O2/c26-27-23(29)13-15-30-16-14-28-22-12-10-17-5-1-3-7-19(17)24(22)21-11-9-18-6-2-4-8-20(18)25(21)28/h1-12H,13-16,26H2,(H,27,29). The summed E-state index contributed by atoms with van der Waals surface area (Å²) in [7, 11) is 0. The number of rotatable bonds is 6. The number of aromatic nitrogens is 1. The number of fused-ring (bicyclic) bond motifs is 7. The van der Waals surface area contributed by atoms with E-state index in [1.165, 1.54) is 43.4 Å². The molecule has 0 unspecified atom stereocenters. The van der Waals surface area contributed by atoms with E-state index >= 15 is 0 Å². The van der Waals surface area contributed by atoms with Gasteiger partial charge in [0.05, 0.1) is 25.2 Å². The summed E-state index contributed by atoms with van der Waals surface area (Å²) in [5.41, 5.74) is 4.55. The molecule has 3 N–H and O–H groups in total. The van der Waals surface area contributed by atoms with Crippen LogP contribution in [0.15, 0.2) is 72.8 Å². The van der Waals surface area contributed by atoms with Crippen molar-refractivity contribution >= 4 is 49.3 Å². The number of nitrogens with one attached hydrogen (secondary N) is 1. The van der Waals surface area contributed by atoms with Gasteiger partial charge in [0.15, 0.2) is 0 Å². The van der Waals surface area contributed by atoms with Gasteiger partial charge in [0.25, 0.3) is 0 Å². The molecule has 0 saturated carbocycles. The number of hydrazine groups is 1. The molecule has 5 nitrogen and oxygen atoms in total. The summed E-state index contributed by atoms with van der Waals surface area (Å²) in [5.74, 6) is 4.91. The maximum atomic E-state index is 11.3. The molecule has 0 aliphatic carbocycles. The summed E-state index contributed by atoms with van der Waals surface area (Å²) in [4.78, 5) is 11.3. The largest absolute Gasteiger partial charge is 0.379 e. The van der Waals surface area contributed by atoms with Crippen LogP contribution in [0.25, 0.3) is 43.4 Å². The van der Waals surface area contributed by atoms with Gasteiger partial charge in [0.1, 0.15) is 0 Å². The van der Waals surface area contributed by atoms with E-state index in [-0.39, 0.29) is 12.3 Å². The second kappa shape index (κ2) is 7.78. The normalized spacial score (nSPS) is 11.6. The molecule has 5 aromatic rings. The third-order valence-electron chi connectivity index (χ3n) is 5.73. The van der Waals surface area contributed by atoms with Crippen molar-refractivity contribution in [3.8, 4) is 0 Å². The number of nitrogens with two attached hydrogens (primary N) is 1. The molecular formula is C25H23N3O2. The number of benzene rings is 4. The molecule has 5 heteroatoms. The van der Waals surface area contributed by atoms with Crippen molar-refractivity contribution in [3.63, 3.8) is 0 Å². The molecule has 0 radical (unpaired) electrons. The van der Waals surface area contributed by atoms with Crippen LogP contribution in [-0.2, 0) is 16.1 Å². The first-order chi connectivity index (χ1) is 14.8. The molecule has 1 heterocycles. The first-order valence-electron chi connectivity index (χ1n) is 10.2. The van der Waals surface area contributed by atoms with Crippen LogP contribution in [0.1, 0.15) is 6.42 Å². The molecular weight excluding hydrogens is 374 g/mol. The Morgan fingerprint density at radius 3 is 2.33 bits per heavy atom. The monoisotopic (exact) mass is 397 g/mol. The summed E-state index contributed by atoms with van der Waals surface area (Å²) >= 11 is 0. The Labute approximate surface area is 174 Å². The zero-order valence-corrected chi connectivity index (χ0v) is 16.6. The highest BCUT2D eigenvalue weighted by Crippen LogP contribution is 2.38. The summed E-state index contributed by atoms with van der Waals surface area (Å²) < 4.78 is 8.09. The molecule has 0 aliphatic rings. The van der Waals surface area contributed by atoms with E-state index in [9.17, 15) is 4.79 Å². The lowest BCUT2D eigenvalue weighted by molar-refractivity contribution is -0.122. The summed E-state index contributed by atoms with van der Waals surface area (Å²) in [6, 6.07) is 25.8. The van der Waals surface area contributed by atoms with Gasteiger partial charge in [-0.2, -0.15) is 0 Å². The summed E-state index contributed by atoms with van der Waals surface area (Å²) in [6.07, 6.45) is 0.261. The van der Waals surface area contributed by atoms with Crippen LogP contribution in [-0.4, -0.2) is 23.7 Å². The van der Waals surface area contributed by atoms with Crippen molar-refractivity contribution in [2.24, 2.45) is 5.84 Å². The van der Waals surface area contributed by atoms with Gasteiger partial charge in [-0.3, -0.25) is 10.2 Å². The number of hydrogen-bond donors (Lipinski definition) is 2. The van der Waals surface area contributed by atoms with Crippen LogP contribution in [0.4, 0.5) is 0 Å². The Kier molecular flexibility index (Phi) is 4.83. The van der Waals surface area contributed by atoms with Gasteiger partial charge < -0.3 is 9.30 Å². The number of carbonyl (C=O) groups excluding carboxylic acids is 1. The smallest absolute Gasteiger partial charge is 0.236 e. The Hall–Kier alpha value is -3.41. The first kappa shape index (κ1) is 18.6. The first-order valence-corrected chi connectivity index (χ1v) is 10.2. The molecule has 1 aromatic heterocycles. The topological polar surface area (TPSA) is 69.3 Å². The molecule has 30 heavy (non-hydrogen) atoms. The lowest BCUT2D eigenvalue weighted by Crippen LogP contribution is -2.30. The van der Waals surface area contributed by atoms with Crippen molar-refractivity contribution in [2.45, 2.75) is 13.0 Å². The van der Waals surface area contributed by atoms with Crippen molar-refractivity contribution in [3.05, 3.63) is 72.8 Å². The highest BCUT2D eigenvalue weighted by atomic mass is 16.5. The quantitative estimate of drug-likeness (QED) is 0.192. The van der Waals surface area contributed by atoms with Gasteiger partial charge in [-0.05, 0) is 22.2 Å². The Morgan fingerprint density at radius 2 is 1.53 bits per heavy atom. The average Bonchev–Trinajstić information content (AvgIpc) is 3.13. The molecule has 0 spiro atoms. The molecule has 0 bridgehead atoms. The fraction of sp³-hybridized carbons (Fsp3) is 0.160. The van der Waals surface area contributed by atoms with Crippen molar-refractivity contribution in [2.75, 3.05) is 13.2 Å². The SMILES string of the molecule is NNC(=O)CCOCCn1c2ccc3ccccc3c2c2ccc3ccccc3c21. The fourth-order valence-electron chi connectivity index (χ4n) is 4.36. The lowest BCUT2D eigenvalue weighted by atomic mass is 10.0. The third kappa shape index (κ3) is 3.09. The maximum Gasteiger partial charge on any atom is 0.236 e. The van der Waals surface area contributed by atoms with E-state index in [4.69, 9.17) is 10.6 Å². The predicted molar refractivity (Wildman–Crippen MR) is 122 cm³/mol. The van der Waals surface area contributed by atoms with Gasteiger partial charge >= 0.3 is 0 Å². The van der Waals surface area contributed by atoms with Gasteiger partial charge in [-0.25, -0.2) is 5.84 Å². The van der Waals surface area contributed by atoms with Gasteiger partial charge in [0.2, 0.25) is 5.91 Å². The van der Waals surface area contributed by atoms with E-state index in [1.54, 1.807) is 0 Å². The van der Waals surface area contributed by atoms with Crippen LogP contribution in [0.3, 0.4) is 0 Å². The highest BCUT2D eigenvalue weighted by molar-refractivity contribution is 6.25. The zero-order chi connectivity index (χ0) is 20.5. The van der Waals surface area contributed by atoms with E-state index in [0.717, 1.165) is 0 Å². The van der Waals surface area contributed by atoms with Gasteiger partial charge in [-0.1, -0.05) is 66.7 Å². The Morgan fingerprint density at radius 1 is 0.833 bits per heavy atom. The number of amides is 1. The molecule has 5 rings (SSSR count). The summed E-state index contributed by atoms with van der Waals surface area (Å²) in [6.45, 7) is 1.58. The molecule has 0 atom stereocenters. The maximum absolute atomic E-state index is 11.3. The van der Waals surface area contributed by atoms with Crippen molar-refractivity contribution < 1.29 is 9.53 Å². The molecule has 150 valence electrons. The molecule has 0 fully saturated rings. The molecule has 0 saturated heterocycles. The zero-order valence-electron chi connectivity index (χ0n) is 16.6. The lowest BCUT2D eigenvalue weighted by Gasteiger charge is -2.10. The fourth-order valence-corrected chi connectivity index (χ4v) is 4.36. The minimum Gasteiger partial charge on any atom is -0.379 e. The van der Waals surface area contributed by atoms with Crippen LogP contribution >= 0.6 is 0 Å². The van der Waals surface area contributed by atoms with E-state index in [0.29, 0.717) is 19.8 Å². The van der Waals surface area contributed by atoms with E-state index in [2.05, 4.69) is 82.8 Å². The number of ether oxygens (including phenoxy) is 1. The van der Waals surface area contributed by atoms with E-state index in [1.807, 2.05) is 0 Å². The molecule has 1 amide bonds. The third-order valence-corrected chi connectivity index (χ3v) is 5.73. The summed E-state index contributed by atoms with van der Waals surface area (Å²) in [5, 5.41) is 7.48. The second-order valence-electron chi connectivity index (χ2n) is 7.45. The Balaban J connectivity index is 1.66.